The van der Waals surface area contributed by atoms with Gasteiger partial charge >= 0.3 is 18.0 Å². The minimum absolute atomic E-state index is 0.0197. The number of imide groups is 1. The Labute approximate surface area is 509 Å². The predicted molar refractivity (Wildman–Crippen MR) is 312 cm³/mol. The Bertz CT molecular complexity index is 3650. The van der Waals surface area contributed by atoms with Crippen LogP contribution in [-0.4, -0.2) is 159 Å². The number of nitrogens with one attached hydrogen (secondary N) is 6. The van der Waals surface area contributed by atoms with E-state index in [4.69, 9.17) is 23.9 Å². The van der Waals surface area contributed by atoms with Gasteiger partial charge in [0.1, 0.15) is 55.1 Å². The first-order valence-corrected chi connectivity index (χ1v) is 28.8. The SMILES string of the molecule is CC[C@@]1(O)C(=O)OCc2c1cc1n(c2=O)Cc2c-1nc1cc(F)c(C)c3c1c2[C@@H](NC(=O)[C@@H](C)OCNC(=O)CNC(=O)[C@H](Cc1ccccc1)NC(=O)CNC(=O)CNC(=O)[C@H](CN(CC(=O)OC(C)(C)C)C(=O)OC(C)(C)C)N1C(=O)C=CC1=O)CC3. The molecule has 9 amide bonds. The van der Waals surface area contributed by atoms with Crippen molar-refractivity contribution in [3.8, 4) is 11.4 Å². The summed E-state index contributed by atoms with van der Waals surface area (Å²) in [6, 6.07) is 7.59. The summed E-state index contributed by atoms with van der Waals surface area (Å²) in [6.45, 7) is 9.67. The Kier molecular flexibility index (Phi) is 19.5. The van der Waals surface area contributed by atoms with Crippen LogP contribution in [0.1, 0.15) is 113 Å². The highest BCUT2D eigenvalue weighted by atomic mass is 19.1. The number of aromatic nitrogens is 2. The summed E-state index contributed by atoms with van der Waals surface area (Å²) >= 11 is 0. The minimum Gasteiger partial charge on any atom is -0.459 e. The number of esters is 2. The third kappa shape index (κ3) is 14.9. The van der Waals surface area contributed by atoms with Crippen molar-refractivity contribution >= 4 is 76.2 Å². The summed E-state index contributed by atoms with van der Waals surface area (Å²) in [5, 5.41) is 27.1. The standard InChI is InChI=1S/C61H71FN10O17/c1-10-61(85)37-21-42-52-35(26-71(42)56(82)36(37)29-86-57(61)83)51-39(17-16-34-31(2)38(62)22-40(68-52)50(34)51)69-53(79)32(3)87-30-66-45(74)24-64-54(80)41(20-33-14-12-11-13-15-33)67-46(75)25-63-44(73)23-65-55(81)43(72-47(76)18-19-48(72)77)27-70(58(84)89-60(7,8)9)28-49(78)88-59(4,5)6/h11-15,18-19,21-22,32,39,41,43,85H,10,16-17,20,23-30H2,1-9H3,(H,63,73)(H,64,80)(H,65,81)(H,66,74)(H,67,75)(H,69,79)/t32-,39+,41+,43+,61+/m1/s1. The van der Waals surface area contributed by atoms with Gasteiger partial charge in [0, 0.05) is 41.2 Å². The van der Waals surface area contributed by atoms with Crippen LogP contribution < -0.4 is 37.5 Å². The van der Waals surface area contributed by atoms with E-state index in [9.17, 15) is 62.6 Å². The third-order valence-corrected chi connectivity index (χ3v) is 15.1. The smallest absolute Gasteiger partial charge is 0.410 e. The van der Waals surface area contributed by atoms with Gasteiger partial charge < -0.3 is 60.5 Å². The fraction of sp³-hybridized carbons (Fsp3) is 0.459. The first-order valence-electron chi connectivity index (χ1n) is 28.8. The molecule has 474 valence electrons. The van der Waals surface area contributed by atoms with Crippen LogP contribution >= 0.6 is 0 Å². The van der Waals surface area contributed by atoms with Crippen LogP contribution in [0.25, 0.3) is 22.3 Å². The zero-order valence-corrected chi connectivity index (χ0v) is 50.6. The summed E-state index contributed by atoms with van der Waals surface area (Å²) in [6.07, 6.45) is 0.105. The highest BCUT2D eigenvalue weighted by Gasteiger charge is 2.46. The molecule has 2 aromatic carbocycles. The van der Waals surface area contributed by atoms with Crippen LogP contribution in [0.2, 0.25) is 0 Å². The fourth-order valence-electron chi connectivity index (χ4n) is 10.8. The van der Waals surface area contributed by atoms with E-state index in [2.05, 4.69) is 31.9 Å². The second-order valence-electron chi connectivity index (χ2n) is 23.8. The molecular formula is C61H71FN10O17. The van der Waals surface area contributed by atoms with Crippen molar-refractivity contribution in [2.45, 2.75) is 142 Å². The van der Waals surface area contributed by atoms with E-state index in [-0.39, 0.29) is 42.6 Å². The number of rotatable bonds is 22. The van der Waals surface area contributed by atoms with Crippen LogP contribution in [0.15, 0.2) is 59.4 Å². The van der Waals surface area contributed by atoms with E-state index in [1.807, 2.05) is 0 Å². The van der Waals surface area contributed by atoms with Gasteiger partial charge in [-0.15, -0.1) is 0 Å². The molecule has 7 N–H and O–H groups in total. The average Bonchev–Trinajstić information content (AvgIpc) is 1.64. The summed E-state index contributed by atoms with van der Waals surface area (Å²) in [5.41, 5.74) is -0.565. The van der Waals surface area contributed by atoms with E-state index in [0.717, 1.165) is 17.1 Å². The second-order valence-corrected chi connectivity index (χ2v) is 23.8. The lowest BCUT2D eigenvalue weighted by atomic mass is 9.81. The van der Waals surface area contributed by atoms with Gasteiger partial charge in [0.05, 0.1) is 61.2 Å². The molecule has 0 fully saturated rings. The number of amides is 9. The van der Waals surface area contributed by atoms with Crippen LogP contribution in [0.4, 0.5) is 9.18 Å². The summed E-state index contributed by atoms with van der Waals surface area (Å²) in [4.78, 5) is 166. The number of halogens is 1. The van der Waals surface area contributed by atoms with Gasteiger partial charge in [0.15, 0.2) is 5.60 Å². The zero-order chi connectivity index (χ0) is 65.0. The molecule has 3 aliphatic heterocycles. The Morgan fingerprint density at radius 1 is 0.831 bits per heavy atom. The van der Waals surface area contributed by atoms with Crippen LogP contribution in [0.3, 0.4) is 0 Å². The first kappa shape index (κ1) is 65.5. The number of hydrogen-bond acceptors (Lipinski definition) is 18. The van der Waals surface area contributed by atoms with Gasteiger partial charge in [0.2, 0.25) is 35.4 Å². The Hall–Kier alpha value is -9.44. The van der Waals surface area contributed by atoms with Crippen LogP contribution in [0, 0.1) is 12.7 Å². The lowest BCUT2D eigenvalue weighted by Crippen LogP contribution is -2.57. The Morgan fingerprint density at radius 2 is 1.47 bits per heavy atom. The summed E-state index contributed by atoms with van der Waals surface area (Å²) < 4.78 is 38.7. The molecule has 28 heteroatoms. The lowest BCUT2D eigenvalue weighted by molar-refractivity contribution is -0.172. The first-order chi connectivity index (χ1) is 41.9. The molecular weight excluding hydrogens is 1160 g/mol. The van der Waals surface area contributed by atoms with Crippen molar-refractivity contribution in [1.82, 2.24) is 51.3 Å². The van der Waals surface area contributed by atoms with E-state index in [0.29, 0.717) is 62.3 Å². The van der Waals surface area contributed by atoms with Crippen LogP contribution in [-0.2, 0) is 98.5 Å². The molecule has 8 rings (SSSR count). The van der Waals surface area contributed by atoms with Crippen molar-refractivity contribution in [2.75, 3.05) is 39.5 Å². The van der Waals surface area contributed by atoms with E-state index < -0.39 is 157 Å². The molecule has 0 bridgehead atoms. The topological polar surface area (TPSA) is 358 Å². The molecule has 5 atom stereocenters. The van der Waals surface area contributed by atoms with Crippen LogP contribution in [0.5, 0.6) is 0 Å². The number of pyridine rings is 2. The van der Waals surface area contributed by atoms with Crippen molar-refractivity contribution in [3.63, 3.8) is 0 Å². The Morgan fingerprint density at radius 3 is 2.12 bits per heavy atom. The van der Waals surface area contributed by atoms with E-state index in [1.165, 1.54) is 17.6 Å². The van der Waals surface area contributed by atoms with E-state index in [1.54, 1.807) is 91.8 Å². The van der Waals surface area contributed by atoms with Gasteiger partial charge in [-0.1, -0.05) is 37.3 Å². The van der Waals surface area contributed by atoms with Crippen molar-refractivity contribution in [2.24, 2.45) is 0 Å². The fourth-order valence-corrected chi connectivity index (χ4v) is 10.8. The summed E-state index contributed by atoms with van der Waals surface area (Å²) in [7, 11) is 0. The number of fused-ring (bicyclic) bond motifs is 5. The van der Waals surface area contributed by atoms with E-state index >= 15 is 4.39 Å². The average molecular weight is 1240 g/mol. The quantitative estimate of drug-likeness (QED) is 0.0220. The number of nitrogens with zero attached hydrogens (tertiary/aromatic N) is 4. The van der Waals surface area contributed by atoms with Gasteiger partial charge in [-0.2, -0.15) is 0 Å². The molecule has 0 unspecified atom stereocenters. The lowest BCUT2D eigenvalue weighted by Gasteiger charge is -2.32. The molecule has 2 aromatic heterocycles. The maximum absolute atomic E-state index is 15.5. The molecule has 89 heavy (non-hydrogen) atoms. The molecule has 4 aromatic rings. The molecule has 0 radical (unpaired) electrons. The zero-order valence-electron chi connectivity index (χ0n) is 50.6. The number of hydrogen-bond donors (Lipinski definition) is 7. The molecule has 27 nitrogen and oxygen atoms in total. The van der Waals surface area contributed by atoms with Crippen molar-refractivity contribution in [1.29, 1.82) is 0 Å². The number of carbonyl (C=O) groups excluding carboxylic acids is 11. The maximum atomic E-state index is 15.5. The van der Waals surface area contributed by atoms with Crippen molar-refractivity contribution in [3.05, 3.63) is 110 Å². The number of cyclic esters (lactones) is 1. The molecule has 4 aliphatic rings. The number of aliphatic hydroxyl groups is 1. The number of ether oxygens (including phenoxy) is 4. The Balaban J connectivity index is 0.851. The highest BCUT2D eigenvalue weighted by molar-refractivity contribution is 6.15. The normalized spacial score (nSPS) is 17.4. The van der Waals surface area contributed by atoms with Gasteiger partial charge in [-0.25, -0.2) is 19.0 Å². The van der Waals surface area contributed by atoms with Crippen molar-refractivity contribution < 1.29 is 81.2 Å². The number of aryl methyl sites for hydroxylation is 1. The summed E-state index contributed by atoms with van der Waals surface area (Å²) in [5.74, 6) is -9.13. The minimum atomic E-state index is -2.08. The number of benzene rings is 2. The largest absolute Gasteiger partial charge is 0.459 e. The molecule has 0 spiro atoms. The monoisotopic (exact) mass is 1230 g/mol. The second kappa shape index (κ2) is 26.5. The molecule has 0 saturated heterocycles. The molecule has 0 saturated carbocycles. The molecule has 5 heterocycles. The predicted octanol–water partition coefficient (Wildman–Crippen LogP) is 1.06. The highest BCUT2D eigenvalue weighted by Crippen LogP contribution is 2.46. The van der Waals surface area contributed by atoms with Gasteiger partial charge in [0.25, 0.3) is 17.4 Å². The maximum Gasteiger partial charge on any atom is 0.410 e. The third-order valence-electron chi connectivity index (χ3n) is 15.1. The van der Waals surface area contributed by atoms with Gasteiger partial charge in [-0.3, -0.25) is 57.7 Å². The van der Waals surface area contributed by atoms with Gasteiger partial charge in [-0.05, 0) is 103 Å². The number of carbonyl (C=O) groups is 11. The molecule has 1 aliphatic carbocycles.